The van der Waals surface area contributed by atoms with E-state index in [1.807, 2.05) is 48.5 Å². The van der Waals surface area contributed by atoms with E-state index in [0.717, 1.165) is 16.8 Å². The third-order valence-electron chi connectivity index (χ3n) is 5.16. The van der Waals surface area contributed by atoms with Crippen LogP contribution in [0.15, 0.2) is 5.03 Å². The number of rotatable bonds is 8. The van der Waals surface area contributed by atoms with Crippen molar-refractivity contribution in [3.05, 3.63) is 0 Å². The molecule has 0 aliphatic carbocycles. The molecular formula is C18H33N4O4S2. The Morgan fingerprint density at radius 3 is 2.50 bits per heavy atom. The summed E-state index contributed by atoms with van der Waals surface area (Å²) < 4.78 is 14.2. The highest BCUT2D eigenvalue weighted by atomic mass is 32.2. The van der Waals surface area contributed by atoms with Crippen molar-refractivity contribution in [1.82, 2.24) is 19.1 Å². The maximum Gasteiger partial charge on any atom is 0.260 e. The van der Waals surface area contributed by atoms with E-state index in [9.17, 15) is 15.4 Å². The molecule has 2 heterocycles. The lowest BCUT2D eigenvalue weighted by Crippen LogP contribution is -2.47. The fourth-order valence-corrected chi connectivity index (χ4v) is 5.68. The summed E-state index contributed by atoms with van der Waals surface area (Å²) in [5.41, 5.74) is -1.46. The van der Waals surface area contributed by atoms with E-state index >= 15 is 0 Å². The average molecular weight is 434 g/mol. The van der Waals surface area contributed by atoms with Gasteiger partial charge in [0.2, 0.25) is 0 Å². The van der Waals surface area contributed by atoms with E-state index in [1.54, 1.807) is 0 Å². The molecule has 0 amide bonds. The van der Waals surface area contributed by atoms with Gasteiger partial charge in [-0.25, -0.2) is 0 Å². The Labute approximate surface area is 176 Å². The number of ether oxygens (including phenoxy) is 1. The smallest absolute Gasteiger partial charge is 0.260 e. The number of nitrogens with zero attached hydrogens (tertiary/aromatic N) is 3. The zero-order valence-electron chi connectivity index (χ0n) is 17.7. The normalized spacial score (nSPS) is 25.8. The Bertz CT molecular complexity index is 648. The first-order valence-corrected chi connectivity index (χ1v) is 11.0. The van der Waals surface area contributed by atoms with Gasteiger partial charge in [0.1, 0.15) is 12.7 Å². The Morgan fingerprint density at radius 1 is 1.29 bits per heavy atom. The summed E-state index contributed by atoms with van der Waals surface area (Å²) in [6, 6.07) is 0. The zero-order valence-corrected chi connectivity index (χ0v) is 19.4. The molecule has 2 unspecified atom stereocenters. The van der Waals surface area contributed by atoms with Gasteiger partial charge in [0.15, 0.2) is 5.03 Å². The first kappa shape index (κ1) is 23.8. The third-order valence-corrected chi connectivity index (χ3v) is 7.44. The molecule has 0 aromatic carbocycles. The number of nitrogens with one attached hydrogen (secondary N) is 1. The first-order valence-electron chi connectivity index (χ1n) is 9.44. The van der Waals surface area contributed by atoms with Gasteiger partial charge in [-0.2, -0.15) is 4.37 Å². The van der Waals surface area contributed by atoms with Crippen LogP contribution in [0.1, 0.15) is 48.5 Å². The Kier molecular flexibility index (Phi) is 7.40. The van der Waals surface area contributed by atoms with E-state index in [0.29, 0.717) is 17.5 Å². The number of aromatic nitrogens is 2. The van der Waals surface area contributed by atoms with Gasteiger partial charge in [-0.05, 0) is 48.5 Å². The van der Waals surface area contributed by atoms with Crippen molar-refractivity contribution < 1.29 is 20.2 Å². The van der Waals surface area contributed by atoms with Crippen molar-refractivity contribution in [3.8, 4) is 5.88 Å². The molecule has 1 saturated heterocycles. The summed E-state index contributed by atoms with van der Waals surface area (Å²) in [4.78, 5) is 0. The fraction of sp³-hybridized carbons (Fsp3) is 0.889. The summed E-state index contributed by atoms with van der Waals surface area (Å²) in [6.45, 7) is 14.0. The summed E-state index contributed by atoms with van der Waals surface area (Å²) in [5, 5.41) is 37.6. The number of thioether (sulfide) groups is 1. The summed E-state index contributed by atoms with van der Waals surface area (Å²) in [6.07, 6.45) is -0.678. The molecule has 3 atom stereocenters. The van der Waals surface area contributed by atoms with Crippen LogP contribution in [0.3, 0.4) is 0 Å². The second-order valence-electron chi connectivity index (χ2n) is 9.40. The quantitative estimate of drug-likeness (QED) is 0.571. The van der Waals surface area contributed by atoms with Gasteiger partial charge < -0.3 is 20.3 Å². The fourth-order valence-electron chi connectivity index (χ4n) is 3.53. The lowest BCUT2D eigenvalue weighted by atomic mass is 9.87. The van der Waals surface area contributed by atoms with Crippen LogP contribution in [-0.4, -0.2) is 71.8 Å². The van der Waals surface area contributed by atoms with Gasteiger partial charge in [-0.1, -0.05) is 11.8 Å². The second kappa shape index (κ2) is 8.71. The molecule has 28 heavy (non-hydrogen) atoms. The number of hydroxylamine groups is 2. The molecule has 1 aromatic rings. The molecule has 8 nitrogen and oxygen atoms in total. The number of hydrogen-bond acceptors (Lipinski definition) is 9. The van der Waals surface area contributed by atoms with Crippen LogP contribution in [0.25, 0.3) is 0 Å². The monoisotopic (exact) mass is 433 g/mol. The molecule has 1 radical (unpaired) electrons. The van der Waals surface area contributed by atoms with Crippen LogP contribution in [0.5, 0.6) is 5.88 Å². The minimum Gasteiger partial charge on any atom is -0.472 e. The molecule has 0 bridgehead atoms. The van der Waals surface area contributed by atoms with Crippen molar-refractivity contribution >= 4 is 23.5 Å². The Hall–Kier alpha value is -0.490. The standard InChI is InChI=1S/C18H33N4O4S2/c1-16(2,3)19-8-11(24)10-26-14-15(21-28-20-14)27-13-12(9-23)17(4,5)22(25)18(13,6)7/h11-13,19,23-24H,8-10H2,1-7H3/t11-,12?,13?/m0/s1. The van der Waals surface area contributed by atoms with E-state index in [4.69, 9.17) is 4.74 Å². The summed E-state index contributed by atoms with van der Waals surface area (Å²) in [7, 11) is 0. The molecule has 161 valence electrons. The summed E-state index contributed by atoms with van der Waals surface area (Å²) in [5.74, 6) is 0.139. The number of aliphatic hydroxyl groups excluding tert-OH is 2. The lowest BCUT2D eigenvalue weighted by Gasteiger charge is -2.33. The first-order chi connectivity index (χ1) is 12.8. The van der Waals surface area contributed by atoms with Crippen molar-refractivity contribution in [1.29, 1.82) is 0 Å². The van der Waals surface area contributed by atoms with Gasteiger partial charge >= 0.3 is 0 Å². The zero-order chi connectivity index (χ0) is 21.3. The van der Waals surface area contributed by atoms with Crippen molar-refractivity contribution in [3.63, 3.8) is 0 Å². The predicted molar refractivity (Wildman–Crippen MR) is 110 cm³/mol. The molecule has 0 spiro atoms. The van der Waals surface area contributed by atoms with Crippen molar-refractivity contribution in [2.45, 2.75) is 81.5 Å². The lowest BCUT2D eigenvalue weighted by molar-refractivity contribution is -0.248. The van der Waals surface area contributed by atoms with Crippen molar-refractivity contribution in [2.75, 3.05) is 19.8 Å². The molecule has 1 aliphatic rings. The van der Waals surface area contributed by atoms with Crippen LogP contribution in [-0.2, 0) is 5.21 Å². The molecule has 1 aromatic heterocycles. The van der Waals surface area contributed by atoms with Crippen LogP contribution in [0.4, 0.5) is 0 Å². The molecule has 0 saturated carbocycles. The van der Waals surface area contributed by atoms with Gasteiger partial charge in [-0.3, -0.25) is 0 Å². The second-order valence-corrected chi connectivity index (χ2v) is 11.1. The molecule has 2 rings (SSSR count). The summed E-state index contributed by atoms with van der Waals surface area (Å²) >= 11 is 2.44. The Balaban J connectivity index is 2.05. The largest absolute Gasteiger partial charge is 0.472 e. The number of hydrogen-bond donors (Lipinski definition) is 3. The maximum atomic E-state index is 12.8. The molecule has 3 N–H and O–H groups in total. The van der Waals surface area contributed by atoms with E-state index in [1.165, 1.54) is 11.8 Å². The molecule has 10 heteroatoms. The van der Waals surface area contributed by atoms with Gasteiger partial charge in [-0.15, -0.1) is 14.6 Å². The van der Waals surface area contributed by atoms with E-state index < -0.39 is 17.2 Å². The van der Waals surface area contributed by atoms with Gasteiger partial charge in [0.25, 0.3) is 5.88 Å². The van der Waals surface area contributed by atoms with Crippen LogP contribution in [0.2, 0.25) is 0 Å². The SMILES string of the molecule is CC(C)(C)NC[C@H](O)COc1nsnc1SC1C(CO)C(C)(C)N([O])C1(C)C. The molecular weight excluding hydrogens is 400 g/mol. The van der Waals surface area contributed by atoms with E-state index in [2.05, 4.69) is 14.1 Å². The topological polar surface area (TPSA) is 111 Å². The minimum absolute atomic E-state index is 0.0855. The predicted octanol–water partition coefficient (Wildman–Crippen LogP) is 1.95. The van der Waals surface area contributed by atoms with E-state index in [-0.39, 0.29) is 29.9 Å². The number of β-amino-alcohol motifs (C(OH)–C–C–N with tert-alkyl or cyclic N) is 1. The molecule has 1 fully saturated rings. The number of aliphatic hydroxyl groups is 2. The van der Waals surface area contributed by atoms with Gasteiger partial charge in [0, 0.05) is 29.9 Å². The van der Waals surface area contributed by atoms with Crippen LogP contribution >= 0.6 is 23.5 Å². The third kappa shape index (κ3) is 5.16. The Morgan fingerprint density at radius 2 is 1.93 bits per heavy atom. The van der Waals surface area contributed by atoms with Crippen molar-refractivity contribution in [2.24, 2.45) is 5.92 Å². The maximum absolute atomic E-state index is 12.8. The van der Waals surface area contributed by atoms with Gasteiger partial charge in [0.05, 0.1) is 22.8 Å². The highest BCUT2D eigenvalue weighted by molar-refractivity contribution is 8.00. The highest BCUT2D eigenvalue weighted by Gasteiger charge is 2.59. The average Bonchev–Trinajstić information content (AvgIpc) is 3.07. The minimum atomic E-state index is -0.685. The molecule has 1 aliphatic heterocycles. The highest BCUT2D eigenvalue weighted by Crippen LogP contribution is 2.51. The van der Waals surface area contributed by atoms with Crippen LogP contribution < -0.4 is 10.1 Å². The van der Waals surface area contributed by atoms with Crippen LogP contribution in [0, 0.1) is 5.92 Å².